The predicted molar refractivity (Wildman–Crippen MR) is 109 cm³/mol. The van der Waals surface area contributed by atoms with Crippen LogP contribution in [0.1, 0.15) is 56.0 Å². The Morgan fingerprint density at radius 1 is 1.00 bits per heavy atom. The first-order valence-corrected chi connectivity index (χ1v) is 10.3. The Morgan fingerprint density at radius 2 is 1.67 bits per heavy atom. The fourth-order valence-electron chi connectivity index (χ4n) is 4.52. The highest BCUT2D eigenvalue weighted by molar-refractivity contribution is 5.96. The van der Waals surface area contributed by atoms with Crippen molar-refractivity contribution < 1.29 is 9.59 Å². The summed E-state index contributed by atoms with van der Waals surface area (Å²) in [5.41, 5.74) is 2.42. The molecule has 0 bridgehead atoms. The number of hydrogen-bond acceptors (Lipinski definition) is 2. The average molecular weight is 372 g/mol. The molecule has 27 heavy (non-hydrogen) atoms. The molecule has 3 atom stereocenters. The van der Waals surface area contributed by atoms with Gasteiger partial charge >= 0.3 is 6.03 Å². The third-order valence-corrected chi connectivity index (χ3v) is 5.82. The van der Waals surface area contributed by atoms with Gasteiger partial charge in [0.1, 0.15) is 0 Å². The maximum atomic E-state index is 12.8. The van der Waals surface area contributed by atoms with Gasteiger partial charge in [0.25, 0.3) is 5.91 Å². The first kappa shape index (κ1) is 19.7. The van der Waals surface area contributed by atoms with Gasteiger partial charge in [-0.15, -0.1) is 0 Å². The van der Waals surface area contributed by atoms with Crippen molar-refractivity contribution in [3.05, 3.63) is 29.3 Å². The minimum absolute atomic E-state index is 0.0413. The van der Waals surface area contributed by atoms with E-state index in [9.17, 15) is 9.59 Å². The summed E-state index contributed by atoms with van der Waals surface area (Å²) in [4.78, 5) is 29.3. The summed E-state index contributed by atoms with van der Waals surface area (Å²) in [6.45, 7) is 11.8. The molecule has 5 nitrogen and oxygen atoms in total. The molecule has 0 saturated carbocycles. The summed E-state index contributed by atoms with van der Waals surface area (Å²) < 4.78 is 0. The van der Waals surface area contributed by atoms with Crippen LogP contribution in [0.15, 0.2) is 18.2 Å². The number of hydrogen-bond donors (Lipinski definition) is 1. The Morgan fingerprint density at radius 3 is 2.30 bits per heavy atom. The highest BCUT2D eigenvalue weighted by Gasteiger charge is 2.26. The molecule has 2 saturated heterocycles. The van der Waals surface area contributed by atoms with Crippen molar-refractivity contribution in [3.8, 4) is 0 Å². The van der Waals surface area contributed by atoms with E-state index in [1.807, 2.05) is 34.9 Å². The van der Waals surface area contributed by atoms with Crippen LogP contribution in [0, 0.1) is 24.7 Å². The maximum absolute atomic E-state index is 12.8. The van der Waals surface area contributed by atoms with Gasteiger partial charge in [0.05, 0.1) is 0 Å². The molecular weight excluding hydrogens is 338 g/mol. The highest BCUT2D eigenvalue weighted by Crippen LogP contribution is 2.24. The van der Waals surface area contributed by atoms with E-state index in [1.165, 1.54) is 12.8 Å². The molecule has 0 aliphatic carbocycles. The number of rotatable bonds is 2. The number of piperidine rings is 2. The molecular formula is C22H33N3O2. The van der Waals surface area contributed by atoms with Gasteiger partial charge in [0.2, 0.25) is 0 Å². The molecule has 1 aromatic rings. The number of carbonyl (C=O) groups excluding carboxylic acids is 2. The van der Waals surface area contributed by atoms with Crippen molar-refractivity contribution in [2.75, 3.05) is 31.5 Å². The number of anilines is 1. The largest absolute Gasteiger partial charge is 0.338 e. The first-order valence-electron chi connectivity index (χ1n) is 10.3. The molecule has 0 spiro atoms. The predicted octanol–water partition coefficient (Wildman–Crippen LogP) is 4.38. The lowest BCUT2D eigenvalue weighted by atomic mass is 9.92. The molecule has 1 aromatic carbocycles. The molecule has 2 aliphatic heterocycles. The lowest BCUT2D eigenvalue weighted by molar-refractivity contribution is 0.0683. The zero-order chi connectivity index (χ0) is 19.6. The van der Waals surface area contributed by atoms with Gasteiger partial charge in [-0.05, 0) is 67.7 Å². The average Bonchev–Trinajstić information content (AvgIpc) is 2.62. The Labute approximate surface area is 163 Å². The topological polar surface area (TPSA) is 52.7 Å². The van der Waals surface area contributed by atoms with Gasteiger partial charge < -0.3 is 15.1 Å². The van der Waals surface area contributed by atoms with Gasteiger partial charge in [0, 0.05) is 37.4 Å². The van der Waals surface area contributed by atoms with Crippen LogP contribution < -0.4 is 5.32 Å². The fraction of sp³-hybridized carbons (Fsp3) is 0.636. The Hall–Kier alpha value is -2.04. The van der Waals surface area contributed by atoms with Crippen LogP contribution in [-0.4, -0.2) is 47.9 Å². The first-order chi connectivity index (χ1) is 12.8. The van der Waals surface area contributed by atoms with Crippen molar-refractivity contribution >= 4 is 17.6 Å². The number of urea groups is 1. The minimum atomic E-state index is -0.0413. The van der Waals surface area contributed by atoms with Crippen molar-refractivity contribution in [3.63, 3.8) is 0 Å². The second-order valence-electron chi connectivity index (χ2n) is 8.81. The van der Waals surface area contributed by atoms with E-state index in [1.54, 1.807) is 0 Å². The van der Waals surface area contributed by atoms with Crippen LogP contribution >= 0.6 is 0 Å². The fourth-order valence-corrected chi connectivity index (χ4v) is 4.52. The van der Waals surface area contributed by atoms with Crippen LogP contribution in [0.2, 0.25) is 0 Å². The number of nitrogens with one attached hydrogen (secondary N) is 1. The van der Waals surface area contributed by atoms with Gasteiger partial charge in [0.15, 0.2) is 0 Å². The van der Waals surface area contributed by atoms with Crippen LogP contribution in [0.25, 0.3) is 0 Å². The van der Waals surface area contributed by atoms with E-state index in [2.05, 4.69) is 26.1 Å². The summed E-state index contributed by atoms with van der Waals surface area (Å²) >= 11 is 0. The maximum Gasteiger partial charge on any atom is 0.321 e. The molecule has 3 rings (SSSR count). The smallest absolute Gasteiger partial charge is 0.321 e. The molecule has 2 heterocycles. The second-order valence-corrected chi connectivity index (χ2v) is 8.81. The zero-order valence-corrected chi connectivity index (χ0v) is 17.1. The van der Waals surface area contributed by atoms with E-state index in [4.69, 9.17) is 0 Å². The number of nitrogens with zero attached hydrogens (tertiary/aromatic N) is 2. The quantitative estimate of drug-likeness (QED) is 0.839. The van der Waals surface area contributed by atoms with Crippen LogP contribution in [-0.2, 0) is 0 Å². The SMILES string of the molecule is Cc1cc(C(=O)N2CCCC(C)C2)ccc1NC(=O)N1CC(C)CC(C)C1. The lowest BCUT2D eigenvalue weighted by Crippen LogP contribution is -2.44. The molecule has 0 aromatic heterocycles. The summed E-state index contributed by atoms with van der Waals surface area (Å²) in [5, 5.41) is 3.04. The molecule has 3 amide bonds. The lowest BCUT2D eigenvalue weighted by Gasteiger charge is -2.35. The number of likely N-dealkylation sites (tertiary alicyclic amines) is 2. The van der Waals surface area contributed by atoms with Crippen LogP contribution in [0.3, 0.4) is 0 Å². The summed E-state index contributed by atoms with van der Waals surface area (Å²) in [6.07, 6.45) is 3.45. The highest BCUT2D eigenvalue weighted by atomic mass is 16.2. The van der Waals surface area contributed by atoms with Gasteiger partial charge in [-0.3, -0.25) is 4.79 Å². The number of aryl methyl sites for hydroxylation is 1. The van der Waals surface area contributed by atoms with Crippen molar-refractivity contribution in [2.24, 2.45) is 17.8 Å². The van der Waals surface area contributed by atoms with E-state index in [0.717, 1.165) is 43.9 Å². The molecule has 0 radical (unpaired) electrons. The third-order valence-electron chi connectivity index (χ3n) is 5.82. The molecule has 2 aliphatic rings. The van der Waals surface area contributed by atoms with Crippen LogP contribution in [0.5, 0.6) is 0 Å². The van der Waals surface area contributed by atoms with Crippen LogP contribution in [0.4, 0.5) is 10.5 Å². The van der Waals surface area contributed by atoms with Gasteiger partial charge in [-0.25, -0.2) is 4.79 Å². The van der Waals surface area contributed by atoms with Crippen molar-refractivity contribution in [1.29, 1.82) is 0 Å². The van der Waals surface area contributed by atoms with E-state index >= 15 is 0 Å². The van der Waals surface area contributed by atoms with E-state index < -0.39 is 0 Å². The molecule has 2 fully saturated rings. The molecule has 5 heteroatoms. The monoisotopic (exact) mass is 371 g/mol. The Bertz CT molecular complexity index is 693. The Kier molecular flexibility index (Phi) is 6.08. The van der Waals surface area contributed by atoms with Gasteiger partial charge in [-0.1, -0.05) is 20.8 Å². The standard InChI is InChI=1S/C22H33N3O2/c1-15-6-5-9-24(12-15)21(26)19-7-8-20(18(4)11-19)23-22(27)25-13-16(2)10-17(3)14-25/h7-8,11,15-17H,5-6,9-10,12-14H2,1-4H3,(H,23,27). The summed E-state index contributed by atoms with van der Waals surface area (Å²) in [7, 11) is 0. The Balaban J connectivity index is 1.66. The number of benzene rings is 1. The summed E-state index contributed by atoms with van der Waals surface area (Å²) in [5.74, 6) is 1.73. The number of carbonyl (C=O) groups is 2. The molecule has 148 valence electrons. The zero-order valence-electron chi connectivity index (χ0n) is 17.1. The summed E-state index contributed by atoms with van der Waals surface area (Å²) in [6, 6.07) is 5.56. The van der Waals surface area contributed by atoms with E-state index in [-0.39, 0.29) is 11.9 Å². The second kappa shape index (κ2) is 8.32. The molecule has 3 unspecified atom stereocenters. The normalized spacial score (nSPS) is 26.0. The third kappa shape index (κ3) is 4.82. The number of amides is 3. The van der Waals surface area contributed by atoms with Crippen molar-refractivity contribution in [2.45, 2.75) is 47.0 Å². The van der Waals surface area contributed by atoms with Crippen molar-refractivity contribution in [1.82, 2.24) is 9.80 Å². The molecule has 1 N–H and O–H groups in total. The van der Waals surface area contributed by atoms with E-state index in [0.29, 0.717) is 23.3 Å². The minimum Gasteiger partial charge on any atom is -0.338 e. The van der Waals surface area contributed by atoms with Gasteiger partial charge in [-0.2, -0.15) is 0 Å².